The molecule has 0 unspecified atom stereocenters. The van der Waals surface area contributed by atoms with Crippen molar-refractivity contribution in [2.45, 2.75) is 37.6 Å². The van der Waals surface area contributed by atoms with E-state index in [1.807, 2.05) is 4.90 Å². The molecule has 0 aliphatic carbocycles. The molecule has 184 valence electrons. The minimum atomic E-state index is -1.01. The highest BCUT2D eigenvalue weighted by Crippen LogP contribution is 2.33. The number of alkyl halides is 1. The summed E-state index contributed by atoms with van der Waals surface area (Å²) in [5.74, 6) is 1.12. The third-order valence-electron chi connectivity index (χ3n) is 5.94. The fraction of sp³-hybridized carbons (Fsp3) is 0.480. The lowest BCUT2D eigenvalue weighted by Gasteiger charge is -2.29. The van der Waals surface area contributed by atoms with Gasteiger partial charge in [0.2, 0.25) is 5.91 Å². The summed E-state index contributed by atoms with van der Waals surface area (Å²) in [6.45, 7) is 2.38. The number of amides is 1. The molecule has 1 fully saturated rings. The molecule has 34 heavy (non-hydrogen) atoms. The van der Waals surface area contributed by atoms with Gasteiger partial charge in [-0.15, -0.1) is 0 Å². The van der Waals surface area contributed by atoms with E-state index >= 15 is 0 Å². The summed E-state index contributed by atoms with van der Waals surface area (Å²) in [4.78, 5) is 14.6. The van der Waals surface area contributed by atoms with Gasteiger partial charge in [0.25, 0.3) is 0 Å². The topological polar surface area (TPSA) is 80.3 Å². The zero-order chi connectivity index (χ0) is 23.9. The number of aliphatic hydroxyl groups is 1. The van der Waals surface area contributed by atoms with Crippen LogP contribution in [0.1, 0.15) is 30.9 Å². The van der Waals surface area contributed by atoms with Crippen molar-refractivity contribution in [1.82, 2.24) is 10.2 Å². The number of rotatable bonds is 10. The van der Waals surface area contributed by atoms with E-state index in [0.29, 0.717) is 68.6 Å². The molecule has 1 saturated heterocycles. The molecule has 2 aromatic carbocycles. The Kier molecular flexibility index (Phi) is 8.18. The van der Waals surface area contributed by atoms with E-state index in [1.165, 1.54) is 24.3 Å². The molecule has 7 nitrogen and oxygen atoms in total. The molecule has 9 heteroatoms. The van der Waals surface area contributed by atoms with E-state index in [2.05, 4.69) is 5.32 Å². The Morgan fingerprint density at radius 1 is 1.18 bits per heavy atom. The molecule has 2 N–H and O–H groups in total. The first kappa shape index (κ1) is 24.2. The number of hydrogen-bond acceptors (Lipinski definition) is 6. The highest BCUT2D eigenvalue weighted by Gasteiger charge is 2.30. The average Bonchev–Trinajstić information content (AvgIpc) is 3.26. The number of benzene rings is 2. The van der Waals surface area contributed by atoms with Gasteiger partial charge < -0.3 is 24.6 Å². The van der Waals surface area contributed by atoms with Gasteiger partial charge in [-0.25, -0.2) is 8.78 Å². The molecule has 1 amide bonds. The van der Waals surface area contributed by atoms with Crippen LogP contribution in [0.2, 0.25) is 0 Å². The second-order valence-corrected chi connectivity index (χ2v) is 8.57. The molecular formula is C25H30F2N2O5. The largest absolute Gasteiger partial charge is 0.494 e. The Hall–Kier alpha value is -2.91. The third-order valence-corrected chi connectivity index (χ3v) is 5.94. The summed E-state index contributed by atoms with van der Waals surface area (Å²) in [6.07, 6.45) is -0.814. The Bertz CT molecular complexity index is 959. The van der Waals surface area contributed by atoms with Gasteiger partial charge in [0, 0.05) is 26.1 Å². The Balaban J connectivity index is 1.34. The first-order valence-electron chi connectivity index (χ1n) is 11.6. The van der Waals surface area contributed by atoms with Crippen LogP contribution in [0.25, 0.3) is 0 Å². The average molecular weight is 477 g/mol. The van der Waals surface area contributed by atoms with E-state index in [1.54, 1.807) is 18.2 Å². The number of hydrogen-bond donors (Lipinski definition) is 2. The van der Waals surface area contributed by atoms with Crippen molar-refractivity contribution in [2.75, 3.05) is 39.5 Å². The molecule has 2 aromatic rings. The standard InChI is InChI=1S/C25H30F2N2O5/c26-18-4-6-20(7-5-18)32-11-1-2-24(30)28-21(16-29-10-9-19(27)15-29)25(31)17-3-8-22-23(14-17)34-13-12-33-22/h3-8,14,19,21,25,31H,1-2,9-13,15-16H2,(H,28,30)/t19-,21-,25-/m1/s1. The lowest BCUT2D eigenvalue weighted by Crippen LogP contribution is -2.47. The maximum atomic E-state index is 13.7. The highest BCUT2D eigenvalue weighted by molar-refractivity contribution is 5.76. The number of aliphatic hydroxyl groups excluding tert-OH is 1. The van der Waals surface area contributed by atoms with Crippen LogP contribution in [-0.4, -0.2) is 67.6 Å². The minimum Gasteiger partial charge on any atom is -0.494 e. The van der Waals surface area contributed by atoms with Crippen molar-refractivity contribution >= 4 is 5.91 Å². The van der Waals surface area contributed by atoms with E-state index in [9.17, 15) is 18.7 Å². The number of carbonyl (C=O) groups excluding carboxylic acids is 1. The molecule has 2 aliphatic rings. The van der Waals surface area contributed by atoms with Crippen LogP contribution in [0.5, 0.6) is 17.2 Å². The van der Waals surface area contributed by atoms with Crippen molar-refractivity contribution in [3.63, 3.8) is 0 Å². The zero-order valence-electron chi connectivity index (χ0n) is 18.9. The van der Waals surface area contributed by atoms with Gasteiger partial charge in [-0.2, -0.15) is 0 Å². The highest BCUT2D eigenvalue weighted by atomic mass is 19.1. The molecule has 0 spiro atoms. The maximum absolute atomic E-state index is 13.7. The number of fused-ring (bicyclic) bond motifs is 1. The Labute approximate surface area is 197 Å². The van der Waals surface area contributed by atoms with Gasteiger partial charge in [0.05, 0.1) is 12.6 Å². The van der Waals surface area contributed by atoms with Gasteiger partial charge in [0.1, 0.15) is 37.1 Å². The van der Waals surface area contributed by atoms with E-state index in [4.69, 9.17) is 14.2 Å². The Morgan fingerprint density at radius 3 is 2.68 bits per heavy atom. The van der Waals surface area contributed by atoms with Crippen LogP contribution in [-0.2, 0) is 4.79 Å². The van der Waals surface area contributed by atoms with Gasteiger partial charge in [0.15, 0.2) is 11.5 Å². The number of nitrogens with one attached hydrogen (secondary N) is 1. The van der Waals surface area contributed by atoms with Crippen molar-refractivity contribution in [2.24, 2.45) is 0 Å². The summed E-state index contributed by atoms with van der Waals surface area (Å²) in [7, 11) is 0. The molecule has 2 aliphatic heterocycles. The second kappa shape index (κ2) is 11.5. The molecule has 3 atom stereocenters. The summed E-state index contributed by atoms with van der Waals surface area (Å²) in [6, 6.07) is 10.3. The summed E-state index contributed by atoms with van der Waals surface area (Å²) < 4.78 is 43.4. The normalized spacial score (nSPS) is 19.4. The third kappa shape index (κ3) is 6.57. The van der Waals surface area contributed by atoms with Gasteiger partial charge in [-0.3, -0.25) is 9.69 Å². The molecule has 0 aromatic heterocycles. The van der Waals surface area contributed by atoms with Gasteiger partial charge in [-0.1, -0.05) is 6.07 Å². The predicted molar refractivity (Wildman–Crippen MR) is 121 cm³/mol. The van der Waals surface area contributed by atoms with Crippen LogP contribution in [0.3, 0.4) is 0 Å². The number of ether oxygens (including phenoxy) is 3. The van der Waals surface area contributed by atoms with Crippen molar-refractivity contribution in [1.29, 1.82) is 0 Å². The smallest absolute Gasteiger partial charge is 0.220 e. The summed E-state index contributed by atoms with van der Waals surface area (Å²) in [5.41, 5.74) is 0.588. The predicted octanol–water partition coefficient (Wildman–Crippen LogP) is 3.02. The van der Waals surface area contributed by atoms with E-state index in [0.717, 1.165) is 0 Å². The van der Waals surface area contributed by atoms with E-state index in [-0.39, 0.29) is 24.7 Å². The number of carbonyl (C=O) groups is 1. The molecule has 0 radical (unpaired) electrons. The fourth-order valence-electron chi connectivity index (χ4n) is 4.16. The van der Waals surface area contributed by atoms with Crippen LogP contribution >= 0.6 is 0 Å². The van der Waals surface area contributed by atoms with Gasteiger partial charge in [-0.05, 0) is 54.8 Å². The van der Waals surface area contributed by atoms with Crippen molar-refractivity contribution in [3.05, 3.63) is 53.8 Å². The number of likely N-dealkylation sites (tertiary alicyclic amines) is 1. The SMILES string of the molecule is O=C(CCCOc1ccc(F)cc1)N[C@H](CN1CC[C@@H](F)C1)[C@H](O)c1ccc2c(c1)OCCO2. The maximum Gasteiger partial charge on any atom is 0.220 e. The quantitative estimate of drug-likeness (QED) is 0.514. The fourth-order valence-corrected chi connectivity index (χ4v) is 4.16. The molecular weight excluding hydrogens is 446 g/mol. The van der Waals surface area contributed by atoms with Crippen LogP contribution in [0.4, 0.5) is 8.78 Å². The number of halogens is 2. The minimum absolute atomic E-state index is 0.192. The molecule has 0 saturated carbocycles. The van der Waals surface area contributed by atoms with Crippen molar-refractivity contribution < 1.29 is 32.9 Å². The molecule has 0 bridgehead atoms. The first-order valence-corrected chi connectivity index (χ1v) is 11.6. The molecule has 2 heterocycles. The molecule has 4 rings (SSSR count). The van der Waals surface area contributed by atoms with Gasteiger partial charge >= 0.3 is 0 Å². The second-order valence-electron chi connectivity index (χ2n) is 8.57. The zero-order valence-corrected chi connectivity index (χ0v) is 18.9. The Morgan fingerprint density at radius 2 is 1.94 bits per heavy atom. The first-order chi connectivity index (χ1) is 16.5. The van der Waals surface area contributed by atoms with Crippen LogP contribution in [0, 0.1) is 5.82 Å². The van der Waals surface area contributed by atoms with Crippen LogP contribution < -0.4 is 19.5 Å². The lowest BCUT2D eigenvalue weighted by molar-refractivity contribution is -0.123. The summed E-state index contributed by atoms with van der Waals surface area (Å²) >= 11 is 0. The van der Waals surface area contributed by atoms with Crippen LogP contribution in [0.15, 0.2) is 42.5 Å². The van der Waals surface area contributed by atoms with E-state index < -0.39 is 18.3 Å². The number of nitrogens with zero attached hydrogens (tertiary/aromatic N) is 1. The monoisotopic (exact) mass is 476 g/mol. The van der Waals surface area contributed by atoms with Crippen molar-refractivity contribution in [3.8, 4) is 17.2 Å². The summed E-state index contributed by atoms with van der Waals surface area (Å²) in [5, 5.41) is 14.0. The lowest BCUT2D eigenvalue weighted by atomic mass is 10.0.